The number of esters is 1. The zero-order valence-electron chi connectivity index (χ0n) is 7.49. The highest BCUT2D eigenvalue weighted by molar-refractivity contribution is 5.69. The summed E-state index contributed by atoms with van der Waals surface area (Å²) in [6, 6.07) is 0. The van der Waals surface area contributed by atoms with E-state index in [0.29, 0.717) is 13.0 Å². The summed E-state index contributed by atoms with van der Waals surface area (Å²) in [5, 5.41) is 7.42. The highest BCUT2D eigenvalue weighted by atomic mass is 16.5. The summed E-state index contributed by atoms with van der Waals surface area (Å²) >= 11 is 0. The third kappa shape index (κ3) is 23.1. The third-order valence-electron chi connectivity index (χ3n) is 0.738. The van der Waals surface area contributed by atoms with Gasteiger partial charge in [-0.1, -0.05) is 0 Å². The van der Waals surface area contributed by atoms with E-state index in [1.807, 2.05) is 0 Å². The van der Waals surface area contributed by atoms with Crippen LogP contribution in [0.1, 0.15) is 13.3 Å². The maximum absolute atomic E-state index is 10.3. The van der Waals surface area contributed by atoms with Gasteiger partial charge in [0.1, 0.15) is 0 Å². The lowest BCUT2D eigenvalue weighted by molar-refractivity contribution is -0.141. The van der Waals surface area contributed by atoms with Gasteiger partial charge in [0.15, 0.2) is 0 Å². The van der Waals surface area contributed by atoms with Crippen molar-refractivity contribution >= 4 is 11.9 Å². The lowest BCUT2D eigenvalue weighted by Crippen LogP contribution is -2.03. The molecule has 0 rings (SSSR count). The highest BCUT2D eigenvalue weighted by Gasteiger charge is 1.95. The summed E-state index contributed by atoms with van der Waals surface area (Å²) in [7, 11) is 2.90. The van der Waals surface area contributed by atoms with Gasteiger partial charge in [0, 0.05) is 14.0 Å². The lowest BCUT2D eigenvalue weighted by atomic mass is 10.5. The number of hydrogen-bond donors (Lipinski definition) is 1. The number of carbonyl (C=O) groups is 2. The Kier molecular flexibility index (Phi) is 11.1. The first-order chi connectivity index (χ1) is 5.54. The molecule has 0 heterocycles. The van der Waals surface area contributed by atoms with Gasteiger partial charge >= 0.3 is 5.97 Å². The molecule has 0 aliphatic heterocycles. The number of carbonyl (C=O) groups excluding carboxylic acids is 1. The molecule has 0 saturated heterocycles. The molecule has 0 radical (unpaired) electrons. The Morgan fingerprint density at radius 2 is 1.75 bits per heavy atom. The third-order valence-corrected chi connectivity index (χ3v) is 0.738. The van der Waals surface area contributed by atoms with E-state index in [0.717, 1.165) is 6.92 Å². The molecule has 5 nitrogen and oxygen atoms in total. The van der Waals surface area contributed by atoms with Crippen molar-refractivity contribution in [3.05, 3.63) is 0 Å². The number of carboxylic acid groups (broad SMARTS) is 1. The summed E-state index contributed by atoms with van der Waals surface area (Å²) in [4.78, 5) is 19.3. The number of aliphatic carboxylic acids is 1. The molecule has 72 valence electrons. The standard InChI is InChI=1S/C5H10O3.C2H4O2/c1-7-4-3-5(6)8-2;1-2(3)4/h3-4H2,1-2H3;1H3,(H,3,4). The maximum Gasteiger partial charge on any atom is 0.307 e. The molecular formula is C7H14O5. The molecule has 0 aromatic carbocycles. The molecule has 0 amide bonds. The van der Waals surface area contributed by atoms with Crippen molar-refractivity contribution in [2.75, 3.05) is 20.8 Å². The van der Waals surface area contributed by atoms with Gasteiger partial charge in [-0.2, -0.15) is 0 Å². The molecule has 5 heteroatoms. The topological polar surface area (TPSA) is 72.8 Å². The molecular weight excluding hydrogens is 164 g/mol. The van der Waals surface area contributed by atoms with Gasteiger partial charge in [-0.05, 0) is 0 Å². The minimum Gasteiger partial charge on any atom is -0.481 e. The van der Waals surface area contributed by atoms with E-state index in [1.54, 1.807) is 7.11 Å². The Bertz CT molecular complexity index is 128. The molecule has 0 aliphatic rings. The van der Waals surface area contributed by atoms with Crippen LogP contribution in [-0.2, 0) is 19.1 Å². The van der Waals surface area contributed by atoms with Gasteiger partial charge in [-0.15, -0.1) is 0 Å². The Morgan fingerprint density at radius 3 is 2.00 bits per heavy atom. The van der Waals surface area contributed by atoms with Crippen LogP contribution >= 0.6 is 0 Å². The SMILES string of the molecule is CC(=O)O.COCCC(=O)OC. The molecule has 1 N–H and O–H groups in total. The Labute approximate surface area is 71.3 Å². The van der Waals surface area contributed by atoms with Gasteiger partial charge in [0.05, 0.1) is 20.1 Å². The normalized spacial score (nSPS) is 7.92. The number of methoxy groups -OCH3 is 2. The second-order valence-corrected chi connectivity index (χ2v) is 1.84. The number of rotatable bonds is 3. The monoisotopic (exact) mass is 178 g/mol. The fourth-order valence-corrected chi connectivity index (χ4v) is 0.287. The summed E-state index contributed by atoms with van der Waals surface area (Å²) in [5.74, 6) is -1.06. The van der Waals surface area contributed by atoms with E-state index < -0.39 is 5.97 Å². The first-order valence-electron chi connectivity index (χ1n) is 3.29. The van der Waals surface area contributed by atoms with Crippen molar-refractivity contribution in [1.29, 1.82) is 0 Å². The van der Waals surface area contributed by atoms with E-state index in [1.165, 1.54) is 7.11 Å². The van der Waals surface area contributed by atoms with Gasteiger partial charge in [-0.3, -0.25) is 9.59 Å². The van der Waals surface area contributed by atoms with Crippen LogP contribution in [0, 0.1) is 0 Å². The van der Waals surface area contributed by atoms with E-state index >= 15 is 0 Å². The van der Waals surface area contributed by atoms with Crippen LogP contribution in [0.2, 0.25) is 0 Å². The molecule has 0 aromatic heterocycles. The summed E-state index contributed by atoms with van der Waals surface area (Å²) in [6.45, 7) is 1.52. The fourth-order valence-electron chi connectivity index (χ4n) is 0.287. The van der Waals surface area contributed by atoms with Crippen LogP contribution < -0.4 is 0 Å². The van der Waals surface area contributed by atoms with Crippen molar-refractivity contribution in [2.45, 2.75) is 13.3 Å². The highest BCUT2D eigenvalue weighted by Crippen LogP contribution is 1.82. The summed E-state index contributed by atoms with van der Waals surface area (Å²) in [6.07, 6.45) is 0.340. The van der Waals surface area contributed by atoms with Crippen molar-refractivity contribution in [2.24, 2.45) is 0 Å². The number of ether oxygens (including phenoxy) is 2. The van der Waals surface area contributed by atoms with E-state index in [2.05, 4.69) is 9.47 Å². The van der Waals surface area contributed by atoms with Gasteiger partial charge in [0.2, 0.25) is 0 Å². The molecule has 0 aromatic rings. The molecule has 0 unspecified atom stereocenters. The smallest absolute Gasteiger partial charge is 0.307 e. The Morgan fingerprint density at radius 1 is 1.33 bits per heavy atom. The second kappa shape index (κ2) is 9.90. The van der Waals surface area contributed by atoms with Crippen LogP contribution in [0.5, 0.6) is 0 Å². The van der Waals surface area contributed by atoms with Crippen LogP contribution in [-0.4, -0.2) is 37.9 Å². The molecule has 0 spiro atoms. The second-order valence-electron chi connectivity index (χ2n) is 1.84. The molecule has 0 aliphatic carbocycles. The quantitative estimate of drug-likeness (QED) is 0.628. The Balaban J connectivity index is 0. The van der Waals surface area contributed by atoms with Crippen molar-refractivity contribution in [3.8, 4) is 0 Å². The van der Waals surface area contributed by atoms with Crippen LogP contribution in [0.3, 0.4) is 0 Å². The van der Waals surface area contributed by atoms with Gasteiger partial charge in [-0.25, -0.2) is 0 Å². The number of carboxylic acids is 1. The predicted molar refractivity (Wildman–Crippen MR) is 41.8 cm³/mol. The summed E-state index contributed by atoms with van der Waals surface area (Å²) in [5.41, 5.74) is 0. The molecule has 0 saturated carbocycles. The van der Waals surface area contributed by atoms with E-state index in [9.17, 15) is 4.79 Å². The molecule has 0 bridgehead atoms. The van der Waals surface area contributed by atoms with Crippen LogP contribution in [0.25, 0.3) is 0 Å². The average molecular weight is 178 g/mol. The first kappa shape index (κ1) is 13.5. The zero-order valence-corrected chi connectivity index (χ0v) is 7.49. The minimum absolute atomic E-state index is 0.230. The largest absolute Gasteiger partial charge is 0.481 e. The van der Waals surface area contributed by atoms with Crippen molar-refractivity contribution in [3.63, 3.8) is 0 Å². The van der Waals surface area contributed by atoms with Gasteiger partial charge in [0.25, 0.3) is 5.97 Å². The predicted octanol–water partition coefficient (Wildman–Crippen LogP) is 0.287. The first-order valence-corrected chi connectivity index (χ1v) is 3.29. The average Bonchev–Trinajstić information content (AvgIpc) is 1.99. The number of hydrogen-bond acceptors (Lipinski definition) is 4. The zero-order chi connectivity index (χ0) is 9.98. The van der Waals surface area contributed by atoms with E-state index in [-0.39, 0.29) is 5.97 Å². The molecule has 0 atom stereocenters. The molecule has 12 heavy (non-hydrogen) atoms. The Hall–Kier alpha value is -1.10. The fraction of sp³-hybridized carbons (Fsp3) is 0.714. The van der Waals surface area contributed by atoms with Crippen LogP contribution in [0.15, 0.2) is 0 Å². The van der Waals surface area contributed by atoms with Crippen LogP contribution in [0.4, 0.5) is 0 Å². The maximum atomic E-state index is 10.3. The van der Waals surface area contributed by atoms with Crippen molar-refractivity contribution < 1.29 is 24.2 Å². The lowest BCUT2D eigenvalue weighted by Gasteiger charge is -1.94. The summed E-state index contributed by atoms with van der Waals surface area (Å²) < 4.78 is 8.95. The minimum atomic E-state index is -0.833. The van der Waals surface area contributed by atoms with Gasteiger partial charge < -0.3 is 14.6 Å². The molecule has 0 fully saturated rings. The van der Waals surface area contributed by atoms with E-state index in [4.69, 9.17) is 9.90 Å². The van der Waals surface area contributed by atoms with Crippen molar-refractivity contribution in [1.82, 2.24) is 0 Å².